The molecule has 0 unspecified atom stereocenters. The minimum atomic E-state index is -0.290. The molecule has 0 radical (unpaired) electrons. The molecule has 1 aliphatic rings. The molecular weight excluding hydrogens is 199 g/mol. The predicted octanol–water partition coefficient (Wildman–Crippen LogP) is 2.03. The number of hydrogen-bond acceptors (Lipinski definition) is 2. The van der Waals surface area contributed by atoms with Gasteiger partial charge in [-0.3, -0.25) is 0 Å². The first kappa shape index (κ1) is 9.40. The molecule has 0 atom stereocenters. The van der Waals surface area contributed by atoms with Crippen molar-refractivity contribution >= 4 is 22.9 Å². The molecule has 14 heavy (non-hydrogen) atoms. The van der Waals surface area contributed by atoms with Gasteiger partial charge in [-0.2, -0.15) is 0 Å². The van der Waals surface area contributed by atoms with Crippen LogP contribution in [0.3, 0.4) is 0 Å². The summed E-state index contributed by atoms with van der Waals surface area (Å²) in [6.07, 6.45) is 2.24. The lowest BCUT2D eigenvalue weighted by molar-refractivity contribution is 0.629. The molecule has 1 aliphatic carbocycles. The molecule has 1 fully saturated rings. The second kappa shape index (κ2) is 3.53. The topological polar surface area (TPSA) is 38.0 Å². The molecule has 1 aromatic rings. The normalized spacial score (nSPS) is 15.2. The maximum atomic E-state index is 13.4. The highest BCUT2D eigenvalue weighted by molar-refractivity contribution is 7.80. The van der Waals surface area contributed by atoms with E-state index in [4.69, 9.17) is 18.0 Å². The summed E-state index contributed by atoms with van der Waals surface area (Å²) in [6.45, 7) is 0. The van der Waals surface area contributed by atoms with E-state index in [2.05, 4.69) is 5.32 Å². The highest BCUT2D eigenvalue weighted by atomic mass is 32.1. The second-order valence-corrected chi connectivity index (χ2v) is 3.92. The Morgan fingerprint density at radius 1 is 1.50 bits per heavy atom. The van der Waals surface area contributed by atoms with Crippen molar-refractivity contribution in [2.45, 2.75) is 18.9 Å². The molecule has 4 heteroatoms. The fourth-order valence-corrected chi connectivity index (χ4v) is 1.36. The number of rotatable bonds is 3. The number of nitrogens with two attached hydrogens (primary N) is 1. The summed E-state index contributed by atoms with van der Waals surface area (Å²) in [4.78, 5) is 0.224. The van der Waals surface area contributed by atoms with Gasteiger partial charge in [0, 0.05) is 11.6 Å². The van der Waals surface area contributed by atoms with E-state index in [1.807, 2.05) is 0 Å². The van der Waals surface area contributed by atoms with E-state index in [0.717, 1.165) is 12.8 Å². The molecule has 0 aromatic heterocycles. The van der Waals surface area contributed by atoms with E-state index in [1.165, 1.54) is 6.07 Å². The average Bonchev–Trinajstić information content (AvgIpc) is 2.92. The van der Waals surface area contributed by atoms with Crippen molar-refractivity contribution in [3.63, 3.8) is 0 Å². The summed E-state index contributed by atoms with van der Waals surface area (Å²) in [6, 6.07) is 5.23. The lowest BCUT2D eigenvalue weighted by Crippen LogP contribution is -2.10. The summed E-state index contributed by atoms with van der Waals surface area (Å²) in [5.74, 6) is -0.290. The van der Waals surface area contributed by atoms with Crippen LogP contribution < -0.4 is 11.1 Å². The number of anilines is 1. The Labute approximate surface area is 87.3 Å². The van der Waals surface area contributed by atoms with Crippen molar-refractivity contribution in [3.8, 4) is 0 Å². The van der Waals surface area contributed by atoms with E-state index < -0.39 is 0 Å². The maximum absolute atomic E-state index is 13.4. The molecule has 3 N–H and O–H groups in total. The Balaban J connectivity index is 2.21. The lowest BCUT2D eigenvalue weighted by atomic mass is 10.2. The maximum Gasteiger partial charge on any atom is 0.146 e. The number of benzene rings is 1. The third kappa shape index (κ3) is 2.01. The number of thiocarbonyl (C=S) groups is 1. The lowest BCUT2D eigenvalue weighted by Gasteiger charge is -2.07. The van der Waals surface area contributed by atoms with Crippen LogP contribution in [0.2, 0.25) is 0 Å². The smallest absolute Gasteiger partial charge is 0.146 e. The Morgan fingerprint density at radius 2 is 2.21 bits per heavy atom. The van der Waals surface area contributed by atoms with Gasteiger partial charge in [-0.15, -0.1) is 0 Å². The molecule has 74 valence electrons. The quantitative estimate of drug-likeness (QED) is 0.750. The minimum absolute atomic E-state index is 0.224. The molecule has 0 saturated heterocycles. The van der Waals surface area contributed by atoms with Crippen LogP contribution in [-0.2, 0) is 0 Å². The Hall–Kier alpha value is -1.16. The van der Waals surface area contributed by atoms with Gasteiger partial charge < -0.3 is 11.1 Å². The number of halogens is 1. The van der Waals surface area contributed by atoms with E-state index in [-0.39, 0.29) is 10.8 Å². The van der Waals surface area contributed by atoms with Crippen molar-refractivity contribution in [2.24, 2.45) is 5.73 Å². The molecular formula is C10H11FN2S. The third-order valence-electron chi connectivity index (χ3n) is 2.19. The van der Waals surface area contributed by atoms with E-state index in [1.54, 1.807) is 12.1 Å². The van der Waals surface area contributed by atoms with Gasteiger partial charge in [-0.05, 0) is 31.0 Å². The van der Waals surface area contributed by atoms with Crippen molar-refractivity contribution in [1.29, 1.82) is 0 Å². The van der Waals surface area contributed by atoms with Crippen molar-refractivity contribution in [3.05, 3.63) is 29.6 Å². The van der Waals surface area contributed by atoms with E-state index in [9.17, 15) is 4.39 Å². The van der Waals surface area contributed by atoms with Crippen LogP contribution in [0, 0.1) is 5.82 Å². The largest absolute Gasteiger partial charge is 0.389 e. The predicted molar refractivity (Wildman–Crippen MR) is 58.9 cm³/mol. The Bertz CT molecular complexity index is 374. The first-order valence-electron chi connectivity index (χ1n) is 4.52. The van der Waals surface area contributed by atoms with E-state index >= 15 is 0 Å². The van der Waals surface area contributed by atoms with Crippen LogP contribution in [0.1, 0.15) is 18.4 Å². The van der Waals surface area contributed by atoms with Crippen LogP contribution >= 0.6 is 12.2 Å². The van der Waals surface area contributed by atoms with Crippen LogP contribution in [0.15, 0.2) is 18.2 Å². The zero-order valence-corrected chi connectivity index (χ0v) is 8.40. The molecule has 1 aromatic carbocycles. The standard InChI is InChI=1S/C10H11FN2S/c11-8-5-6(10(12)14)1-4-9(8)13-7-2-3-7/h1,4-5,7,13H,2-3H2,(H2,12,14). The van der Waals surface area contributed by atoms with Crippen LogP contribution in [0.25, 0.3) is 0 Å². The SMILES string of the molecule is NC(=S)c1ccc(NC2CC2)c(F)c1. The molecule has 0 aliphatic heterocycles. The van der Waals surface area contributed by atoms with Crippen LogP contribution in [0.5, 0.6) is 0 Å². The molecule has 0 spiro atoms. The monoisotopic (exact) mass is 210 g/mol. The Kier molecular flexibility index (Phi) is 2.37. The van der Waals surface area contributed by atoms with Crippen LogP contribution in [0.4, 0.5) is 10.1 Å². The zero-order valence-electron chi connectivity index (χ0n) is 7.59. The van der Waals surface area contributed by atoms with Gasteiger partial charge in [0.15, 0.2) is 0 Å². The highest BCUT2D eigenvalue weighted by Gasteiger charge is 2.21. The first-order chi connectivity index (χ1) is 6.66. The van der Waals surface area contributed by atoms with Crippen molar-refractivity contribution in [2.75, 3.05) is 5.32 Å². The second-order valence-electron chi connectivity index (χ2n) is 3.48. The number of hydrogen-bond donors (Lipinski definition) is 2. The van der Waals surface area contributed by atoms with Gasteiger partial charge in [0.2, 0.25) is 0 Å². The molecule has 0 bridgehead atoms. The summed E-state index contributed by atoms with van der Waals surface area (Å²) < 4.78 is 13.4. The van der Waals surface area contributed by atoms with Crippen molar-refractivity contribution < 1.29 is 4.39 Å². The fraction of sp³-hybridized carbons (Fsp3) is 0.300. The van der Waals surface area contributed by atoms with Gasteiger partial charge in [-0.1, -0.05) is 12.2 Å². The molecule has 0 amide bonds. The van der Waals surface area contributed by atoms with E-state index in [0.29, 0.717) is 17.3 Å². The summed E-state index contributed by atoms with van der Waals surface area (Å²) >= 11 is 4.76. The minimum Gasteiger partial charge on any atom is -0.389 e. The van der Waals surface area contributed by atoms with Crippen LogP contribution in [-0.4, -0.2) is 11.0 Å². The summed E-state index contributed by atoms with van der Waals surface area (Å²) in [5.41, 5.74) is 6.49. The average molecular weight is 210 g/mol. The molecule has 2 nitrogen and oxygen atoms in total. The summed E-state index contributed by atoms with van der Waals surface area (Å²) in [7, 11) is 0. The number of nitrogens with one attached hydrogen (secondary N) is 1. The highest BCUT2D eigenvalue weighted by Crippen LogP contribution is 2.26. The van der Waals surface area contributed by atoms with Crippen molar-refractivity contribution in [1.82, 2.24) is 0 Å². The fourth-order valence-electron chi connectivity index (χ4n) is 1.23. The van der Waals surface area contributed by atoms with Gasteiger partial charge in [0.05, 0.1) is 5.69 Å². The van der Waals surface area contributed by atoms with Gasteiger partial charge in [0.1, 0.15) is 10.8 Å². The molecule has 0 heterocycles. The summed E-state index contributed by atoms with van der Waals surface area (Å²) in [5, 5.41) is 3.09. The molecule has 1 saturated carbocycles. The third-order valence-corrected chi connectivity index (χ3v) is 2.43. The van der Waals surface area contributed by atoms with Gasteiger partial charge >= 0.3 is 0 Å². The first-order valence-corrected chi connectivity index (χ1v) is 4.93. The molecule has 2 rings (SSSR count). The Morgan fingerprint density at radius 3 is 2.71 bits per heavy atom. The van der Waals surface area contributed by atoms with Gasteiger partial charge in [0.25, 0.3) is 0 Å². The van der Waals surface area contributed by atoms with Gasteiger partial charge in [-0.25, -0.2) is 4.39 Å². The zero-order chi connectivity index (χ0) is 10.1.